The van der Waals surface area contributed by atoms with Crippen molar-refractivity contribution in [3.05, 3.63) is 139 Å². The summed E-state index contributed by atoms with van der Waals surface area (Å²) in [4.78, 5) is 66.9. The zero-order valence-electron chi connectivity index (χ0n) is 25.1. The fraction of sp³-hybridized carbons (Fsp3) is 0.265. The average molecular weight is 613 g/mol. The van der Waals surface area contributed by atoms with E-state index in [1.165, 1.54) is 13.1 Å². The summed E-state index contributed by atoms with van der Waals surface area (Å²) in [6, 6.07) is 20.0. The lowest BCUT2D eigenvalue weighted by atomic mass is 10.1. The van der Waals surface area contributed by atoms with Crippen molar-refractivity contribution in [3.8, 4) is 0 Å². The standard InChI is InChI=1S/C34H32N2O9/c1-19-5-11-23(12-6-19)31(38)42-18-26-27(44-32(39)24-13-7-20(2)8-14-24)28(45-33(40)25-15-9-21(3)10-16-25)30(43-26)36-17-22(4)29(37)35-34(36)41/h5-17,26-28,30H,18H2,1-4H3,(H,35,37,41)/t26?,27-,28?,30?/m0/s1. The molecule has 3 aromatic carbocycles. The molecule has 45 heavy (non-hydrogen) atoms. The summed E-state index contributed by atoms with van der Waals surface area (Å²) < 4.78 is 24.6. The molecule has 1 N–H and O–H groups in total. The van der Waals surface area contributed by atoms with Crippen molar-refractivity contribution in [1.29, 1.82) is 0 Å². The van der Waals surface area contributed by atoms with Crippen LogP contribution in [0.3, 0.4) is 0 Å². The molecule has 232 valence electrons. The lowest BCUT2D eigenvalue weighted by molar-refractivity contribution is -0.0640. The third kappa shape index (κ3) is 7.10. The van der Waals surface area contributed by atoms with Gasteiger partial charge in [0.25, 0.3) is 5.56 Å². The first-order valence-electron chi connectivity index (χ1n) is 14.3. The first-order valence-corrected chi connectivity index (χ1v) is 14.3. The Morgan fingerprint density at radius 1 is 0.689 bits per heavy atom. The van der Waals surface area contributed by atoms with Crippen LogP contribution in [0.5, 0.6) is 0 Å². The Balaban J connectivity index is 1.52. The Morgan fingerprint density at radius 3 is 1.62 bits per heavy atom. The largest absolute Gasteiger partial charge is 0.459 e. The van der Waals surface area contributed by atoms with Crippen molar-refractivity contribution in [1.82, 2.24) is 9.55 Å². The quantitative estimate of drug-likeness (QED) is 0.231. The maximum atomic E-state index is 13.4. The van der Waals surface area contributed by atoms with E-state index in [1.807, 2.05) is 20.8 Å². The predicted molar refractivity (Wildman–Crippen MR) is 162 cm³/mol. The Kier molecular flexibility index (Phi) is 9.10. The van der Waals surface area contributed by atoms with Crippen LogP contribution in [0.2, 0.25) is 0 Å². The van der Waals surface area contributed by atoms with Gasteiger partial charge in [-0.25, -0.2) is 19.2 Å². The van der Waals surface area contributed by atoms with Crippen LogP contribution in [0.1, 0.15) is 59.6 Å². The van der Waals surface area contributed by atoms with Crippen molar-refractivity contribution in [3.63, 3.8) is 0 Å². The third-order valence-corrected chi connectivity index (χ3v) is 7.43. The first-order chi connectivity index (χ1) is 21.5. The van der Waals surface area contributed by atoms with Gasteiger partial charge >= 0.3 is 23.6 Å². The SMILES string of the molecule is Cc1ccc(C(=O)OCC2OC(n3cc(C)c(=O)[nH]c3=O)C(OC(=O)c3ccc(C)cc3)[C@H]2OC(=O)c2ccc(C)cc2)cc1. The average Bonchev–Trinajstić information content (AvgIpc) is 3.34. The second kappa shape index (κ2) is 13.1. The number of esters is 3. The maximum Gasteiger partial charge on any atom is 0.338 e. The molecular formula is C34H32N2O9. The molecule has 1 saturated heterocycles. The zero-order chi connectivity index (χ0) is 32.2. The van der Waals surface area contributed by atoms with Gasteiger partial charge in [0.05, 0.1) is 16.7 Å². The third-order valence-electron chi connectivity index (χ3n) is 7.43. The molecule has 0 bridgehead atoms. The number of aryl methyl sites for hydroxylation is 4. The fourth-order valence-corrected chi connectivity index (χ4v) is 4.80. The zero-order valence-corrected chi connectivity index (χ0v) is 25.1. The number of rotatable bonds is 8. The number of H-pyrrole nitrogens is 1. The second-order valence-corrected chi connectivity index (χ2v) is 11.0. The molecule has 0 saturated carbocycles. The van der Waals surface area contributed by atoms with Crippen molar-refractivity contribution in [2.45, 2.75) is 52.2 Å². The summed E-state index contributed by atoms with van der Waals surface area (Å²) >= 11 is 0. The summed E-state index contributed by atoms with van der Waals surface area (Å²) in [7, 11) is 0. The monoisotopic (exact) mass is 612 g/mol. The number of hydrogen-bond acceptors (Lipinski definition) is 9. The molecule has 0 spiro atoms. The van der Waals surface area contributed by atoms with Gasteiger partial charge in [0.15, 0.2) is 18.4 Å². The van der Waals surface area contributed by atoms with E-state index in [9.17, 15) is 24.0 Å². The van der Waals surface area contributed by atoms with Crippen LogP contribution in [-0.4, -0.2) is 52.4 Å². The topological polar surface area (TPSA) is 143 Å². The highest BCUT2D eigenvalue weighted by Crippen LogP contribution is 2.35. The van der Waals surface area contributed by atoms with E-state index in [0.717, 1.165) is 21.3 Å². The normalized spacial score (nSPS) is 19.1. The smallest absolute Gasteiger partial charge is 0.338 e. The molecule has 1 aliphatic rings. The number of hydrogen-bond donors (Lipinski definition) is 1. The first kappa shape index (κ1) is 31.1. The van der Waals surface area contributed by atoms with Gasteiger partial charge in [-0.2, -0.15) is 0 Å². The predicted octanol–water partition coefficient (Wildman–Crippen LogP) is 3.98. The van der Waals surface area contributed by atoms with Gasteiger partial charge in [0.2, 0.25) is 0 Å². The number of carbonyl (C=O) groups excluding carboxylic acids is 3. The molecule has 1 aromatic heterocycles. The molecule has 3 unspecified atom stereocenters. The van der Waals surface area contributed by atoms with Crippen LogP contribution >= 0.6 is 0 Å². The van der Waals surface area contributed by atoms with Crippen molar-refractivity contribution >= 4 is 17.9 Å². The van der Waals surface area contributed by atoms with E-state index in [2.05, 4.69) is 4.98 Å². The number of benzene rings is 3. The number of nitrogens with one attached hydrogen (secondary N) is 1. The molecule has 11 nitrogen and oxygen atoms in total. The lowest BCUT2D eigenvalue weighted by Crippen LogP contribution is -2.43. The number of aromatic amines is 1. The van der Waals surface area contributed by atoms with E-state index >= 15 is 0 Å². The summed E-state index contributed by atoms with van der Waals surface area (Å²) in [5.41, 5.74) is 2.26. The molecule has 0 amide bonds. The van der Waals surface area contributed by atoms with E-state index in [0.29, 0.717) is 0 Å². The molecule has 5 rings (SSSR count). The molecule has 0 radical (unpaired) electrons. The van der Waals surface area contributed by atoms with Crippen molar-refractivity contribution < 1.29 is 33.3 Å². The number of nitrogens with zero attached hydrogens (tertiary/aromatic N) is 1. The molecule has 4 aromatic rings. The molecule has 0 aliphatic carbocycles. The molecule has 11 heteroatoms. The van der Waals surface area contributed by atoms with Gasteiger partial charge in [0.1, 0.15) is 12.7 Å². The van der Waals surface area contributed by atoms with E-state index < -0.39 is 60.3 Å². The van der Waals surface area contributed by atoms with Gasteiger partial charge in [-0.05, 0) is 64.1 Å². The maximum absolute atomic E-state index is 13.4. The van der Waals surface area contributed by atoms with Crippen LogP contribution in [0.25, 0.3) is 0 Å². The summed E-state index contributed by atoms with van der Waals surface area (Å²) in [6.45, 7) is 6.70. The van der Waals surface area contributed by atoms with E-state index in [4.69, 9.17) is 18.9 Å². The lowest BCUT2D eigenvalue weighted by Gasteiger charge is -2.25. The summed E-state index contributed by atoms with van der Waals surface area (Å²) in [5, 5.41) is 0. The second-order valence-electron chi connectivity index (χ2n) is 11.0. The minimum Gasteiger partial charge on any atom is -0.459 e. The highest BCUT2D eigenvalue weighted by Gasteiger charge is 2.51. The minimum absolute atomic E-state index is 0.185. The molecule has 1 fully saturated rings. The Labute approximate surface area is 258 Å². The van der Waals surface area contributed by atoms with Gasteiger partial charge in [-0.1, -0.05) is 53.1 Å². The number of carbonyl (C=O) groups is 3. The van der Waals surface area contributed by atoms with Gasteiger partial charge in [0, 0.05) is 11.8 Å². The van der Waals surface area contributed by atoms with Crippen LogP contribution in [0, 0.1) is 27.7 Å². The van der Waals surface area contributed by atoms with Crippen molar-refractivity contribution in [2.75, 3.05) is 6.61 Å². The van der Waals surface area contributed by atoms with Crippen LogP contribution in [-0.2, 0) is 18.9 Å². The van der Waals surface area contributed by atoms with Gasteiger partial charge in [-0.3, -0.25) is 14.3 Å². The number of ether oxygens (including phenoxy) is 4. The molecule has 2 heterocycles. The molecule has 1 aliphatic heterocycles. The Hall–Kier alpha value is -5.29. The van der Waals surface area contributed by atoms with E-state index in [1.54, 1.807) is 72.8 Å². The fourth-order valence-electron chi connectivity index (χ4n) is 4.80. The molecule has 4 atom stereocenters. The van der Waals surface area contributed by atoms with Gasteiger partial charge < -0.3 is 18.9 Å². The summed E-state index contributed by atoms with van der Waals surface area (Å²) in [5.74, 6) is -2.17. The number of aromatic nitrogens is 2. The van der Waals surface area contributed by atoms with Crippen LogP contribution in [0.15, 0.2) is 88.6 Å². The van der Waals surface area contributed by atoms with Crippen LogP contribution in [0.4, 0.5) is 0 Å². The Morgan fingerprint density at radius 2 is 1.13 bits per heavy atom. The van der Waals surface area contributed by atoms with Gasteiger partial charge in [-0.15, -0.1) is 0 Å². The van der Waals surface area contributed by atoms with E-state index in [-0.39, 0.29) is 22.3 Å². The highest BCUT2D eigenvalue weighted by molar-refractivity contribution is 5.91. The van der Waals surface area contributed by atoms with Crippen molar-refractivity contribution in [2.24, 2.45) is 0 Å². The van der Waals surface area contributed by atoms with Crippen LogP contribution < -0.4 is 11.2 Å². The summed E-state index contributed by atoms with van der Waals surface area (Å²) in [6.07, 6.45) is -3.99. The Bertz CT molecular complexity index is 1820. The highest BCUT2D eigenvalue weighted by atomic mass is 16.7. The minimum atomic E-state index is -1.39. The molecular weight excluding hydrogens is 580 g/mol.